The molecule has 0 aromatic heterocycles. The normalized spacial score (nSPS) is 11.8. The summed E-state index contributed by atoms with van der Waals surface area (Å²) >= 11 is 0. The third-order valence-corrected chi connectivity index (χ3v) is 8.01. The lowest BCUT2D eigenvalue weighted by atomic mass is 10.0. The highest BCUT2D eigenvalue weighted by Gasteiger charge is 2.03. The lowest BCUT2D eigenvalue weighted by Crippen LogP contribution is -2.05. The molecule has 0 aliphatic heterocycles. The minimum absolute atomic E-state index is 0.0224. The molecule has 2 heteroatoms. The number of hydrogen-bond donors (Lipinski definition) is 0. The monoisotopic (exact) mass is 535 g/mol. The fraction of sp³-hybridized carbons (Fsp3) is 0.917. The van der Waals surface area contributed by atoms with Gasteiger partial charge in [-0.05, 0) is 45.4 Å². The minimum atomic E-state index is 0.0224. The SMILES string of the molecule is CCCCCCCCCCCCCCCOC(=O)CCCCCCCCCCCC=C(C)CCCCCC. The van der Waals surface area contributed by atoms with Crippen LogP contribution in [-0.2, 0) is 9.53 Å². The Morgan fingerprint density at radius 2 is 0.842 bits per heavy atom. The summed E-state index contributed by atoms with van der Waals surface area (Å²) in [6.07, 6.45) is 40.4. The highest BCUT2D eigenvalue weighted by atomic mass is 16.5. The van der Waals surface area contributed by atoms with E-state index in [2.05, 4.69) is 26.8 Å². The Labute approximate surface area is 240 Å². The molecule has 0 saturated carbocycles. The first kappa shape index (κ1) is 37.2. The van der Waals surface area contributed by atoms with Gasteiger partial charge in [-0.15, -0.1) is 0 Å². The Morgan fingerprint density at radius 3 is 1.34 bits per heavy atom. The van der Waals surface area contributed by atoms with Crippen LogP contribution in [0.2, 0.25) is 0 Å². The molecule has 0 fully saturated rings. The Balaban J connectivity index is 3.24. The molecule has 0 spiro atoms. The second-order valence-electron chi connectivity index (χ2n) is 12.0. The quantitative estimate of drug-likeness (QED) is 0.0502. The molecule has 0 rings (SSSR count). The molecular weight excluding hydrogens is 464 g/mol. The van der Waals surface area contributed by atoms with E-state index in [1.165, 1.54) is 167 Å². The fourth-order valence-corrected chi connectivity index (χ4v) is 5.31. The number of rotatable bonds is 31. The molecule has 0 atom stereocenters. The third-order valence-electron chi connectivity index (χ3n) is 8.01. The Hall–Kier alpha value is -0.790. The smallest absolute Gasteiger partial charge is 0.305 e. The van der Waals surface area contributed by atoms with Crippen LogP contribution < -0.4 is 0 Å². The van der Waals surface area contributed by atoms with E-state index in [0.29, 0.717) is 13.0 Å². The number of carbonyl (C=O) groups excluding carboxylic acids is 1. The van der Waals surface area contributed by atoms with Crippen molar-refractivity contribution in [2.24, 2.45) is 0 Å². The van der Waals surface area contributed by atoms with Crippen molar-refractivity contribution < 1.29 is 9.53 Å². The molecule has 0 aromatic carbocycles. The minimum Gasteiger partial charge on any atom is -0.466 e. The highest BCUT2D eigenvalue weighted by molar-refractivity contribution is 5.69. The van der Waals surface area contributed by atoms with E-state index in [1.807, 2.05) is 0 Å². The van der Waals surface area contributed by atoms with Crippen molar-refractivity contribution in [3.63, 3.8) is 0 Å². The molecule has 0 amide bonds. The van der Waals surface area contributed by atoms with Crippen molar-refractivity contribution in [3.05, 3.63) is 11.6 Å². The summed E-state index contributed by atoms with van der Waals surface area (Å²) in [5.41, 5.74) is 1.60. The summed E-state index contributed by atoms with van der Waals surface area (Å²) in [5.74, 6) is 0.0224. The number of hydrogen-bond acceptors (Lipinski definition) is 2. The molecule has 2 nitrogen and oxygen atoms in total. The molecule has 38 heavy (non-hydrogen) atoms. The van der Waals surface area contributed by atoms with Crippen LogP contribution in [0.25, 0.3) is 0 Å². The summed E-state index contributed by atoms with van der Waals surface area (Å²) in [7, 11) is 0. The second-order valence-corrected chi connectivity index (χ2v) is 12.0. The maximum atomic E-state index is 11.9. The Kier molecular flexibility index (Phi) is 31.7. The zero-order chi connectivity index (χ0) is 27.8. The van der Waals surface area contributed by atoms with Crippen molar-refractivity contribution in [3.8, 4) is 0 Å². The van der Waals surface area contributed by atoms with Gasteiger partial charge in [0.15, 0.2) is 0 Å². The molecule has 0 heterocycles. The Bertz CT molecular complexity index is 496. The van der Waals surface area contributed by atoms with Crippen LogP contribution in [0.15, 0.2) is 11.6 Å². The lowest BCUT2D eigenvalue weighted by molar-refractivity contribution is -0.143. The van der Waals surface area contributed by atoms with E-state index in [1.54, 1.807) is 5.57 Å². The van der Waals surface area contributed by atoms with Gasteiger partial charge in [0.1, 0.15) is 0 Å². The number of ether oxygens (including phenoxy) is 1. The van der Waals surface area contributed by atoms with Crippen LogP contribution in [0.5, 0.6) is 0 Å². The molecule has 0 aliphatic rings. The van der Waals surface area contributed by atoms with Crippen LogP contribution in [0.1, 0.15) is 207 Å². The maximum absolute atomic E-state index is 11.9. The maximum Gasteiger partial charge on any atom is 0.305 e. The van der Waals surface area contributed by atoms with E-state index < -0.39 is 0 Å². The van der Waals surface area contributed by atoms with Gasteiger partial charge in [-0.3, -0.25) is 4.79 Å². The molecule has 0 unspecified atom stereocenters. The highest BCUT2D eigenvalue weighted by Crippen LogP contribution is 2.15. The summed E-state index contributed by atoms with van der Waals surface area (Å²) in [5, 5.41) is 0. The van der Waals surface area contributed by atoms with E-state index in [-0.39, 0.29) is 5.97 Å². The molecule has 0 radical (unpaired) electrons. The van der Waals surface area contributed by atoms with Gasteiger partial charge in [-0.25, -0.2) is 0 Å². The zero-order valence-corrected chi connectivity index (χ0v) is 26.6. The Morgan fingerprint density at radius 1 is 0.474 bits per heavy atom. The van der Waals surface area contributed by atoms with Crippen molar-refractivity contribution in [2.75, 3.05) is 6.61 Å². The topological polar surface area (TPSA) is 26.3 Å². The van der Waals surface area contributed by atoms with E-state index in [4.69, 9.17) is 4.74 Å². The first-order chi connectivity index (χ1) is 18.7. The van der Waals surface area contributed by atoms with Crippen molar-refractivity contribution in [1.29, 1.82) is 0 Å². The summed E-state index contributed by atoms with van der Waals surface area (Å²) in [4.78, 5) is 11.9. The molecule has 0 aliphatic carbocycles. The number of carbonyl (C=O) groups is 1. The standard InChI is InChI=1S/C36H70O2/c1-4-6-8-10-11-12-13-14-17-20-23-26-30-34-38-36(37)33-29-25-22-19-16-15-18-21-24-28-32-35(3)31-27-9-7-5-2/h32H,4-31,33-34H2,1-3H3. The van der Waals surface area contributed by atoms with Gasteiger partial charge in [0.25, 0.3) is 0 Å². The second kappa shape index (κ2) is 32.4. The number of unbranched alkanes of at least 4 members (excludes halogenated alkanes) is 24. The van der Waals surface area contributed by atoms with Crippen LogP contribution in [0.4, 0.5) is 0 Å². The largest absolute Gasteiger partial charge is 0.466 e. The van der Waals surface area contributed by atoms with Gasteiger partial charge in [0.05, 0.1) is 6.61 Å². The lowest BCUT2D eigenvalue weighted by Gasteiger charge is -2.06. The van der Waals surface area contributed by atoms with Gasteiger partial charge in [0.2, 0.25) is 0 Å². The van der Waals surface area contributed by atoms with Crippen molar-refractivity contribution in [2.45, 2.75) is 207 Å². The van der Waals surface area contributed by atoms with Gasteiger partial charge >= 0.3 is 5.97 Å². The molecule has 226 valence electrons. The molecule has 0 N–H and O–H groups in total. The van der Waals surface area contributed by atoms with Crippen LogP contribution >= 0.6 is 0 Å². The molecule has 0 bridgehead atoms. The average molecular weight is 535 g/mol. The van der Waals surface area contributed by atoms with Gasteiger partial charge < -0.3 is 4.74 Å². The van der Waals surface area contributed by atoms with Gasteiger partial charge in [-0.2, -0.15) is 0 Å². The fourth-order valence-electron chi connectivity index (χ4n) is 5.31. The van der Waals surface area contributed by atoms with Crippen LogP contribution in [0.3, 0.4) is 0 Å². The molecule has 0 aromatic rings. The van der Waals surface area contributed by atoms with Crippen molar-refractivity contribution >= 4 is 5.97 Å². The third kappa shape index (κ3) is 31.4. The predicted molar refractivity (Wildman–Crippen MR) is 170 cm³/mol. The zero-order valence-electron chi connectivity index (χ0n) is 26.6. The summed E-state index contributed by atoms with van der Waals surface area (Å²) < 4.78 is 5.43. The van der Waals surface area contributed by atoms with Gasteiger partial charge in [0, 0.05) is 6.42 Å². The van der Waals surface area contributed by atoms with Crippen LogP contribution in [0, 0.1) is 0 Å². The number of allylic oxidation sites excluding steroid dienone is 2. The number of esters is 1. The molecule has 0 saturated heterocycles. The van der Waals surface area contributed by atoms with Gasteiger partial charge in [-0.1, -0.05) is 167 Å². The summed E-state index contributed by atoms with van der Waals surface area (Å²) in [6, 6.07) is 0. The first-order valence-corrected chi connectivity index (χ1v) is 17.5. The summed E-state index contributed by atoms with van der Waals surface area (Å²) in [6.45, 7) is 7.51. The van der Waals surface area contributed by atoms with E-state index >= 15 is 0 Å². The predicted octanol–water partition coefficient (Wildman–Crippen LogP) is 12.8. The molecular formula is C36H70O2. The first-order valence-electron chi connectivity index (χ1n) is 17.5. The average Bonchev–Trinajstić information content (AvgIpc) is 2.92. The van der Waals surface area contributed by atoms with E-state index in [9.17, 15) is 4.79 Å². The van der Waals surface area contributed by atoms with E-state index in [0.717, 1.165) is 12.8 Å². The van der Waals surface area contributed by atoms with Crippen molar-refractivity contribution in [1.82, 2.24) is 0 Å². The van der Waals surface area contributed by atoms with Crippen LogP contribution in [-0.4, -0.2) is 12.6 Å².